The van der Waals surface area contributed by atoms with Gasteiger partial charge in [0.2, 0.25) is 10.0 Å². The quantitative estimate of drug-likeness (QED) is 0.257. The molecule has 0 spiro atoms. The summed E-state index contributed by atoms with van der Waals surface area (Å²) in [4.78, 5) is 51.2. The smallest absolute Gasteiger partial charge is 0.283 e. The second-order valence-electron chi connectivity index (χ2n) is 8.02. The molecule has 172 valence electrons. The van der Waals surface area contributed by atoms with Gasteiger partial charge in [-0.2, -0.15) is 4.31 Å². The molecule has 1 aliphatic carbocycles. The Kier molecular flexibility index (Phi) is 5.97. The molecule has 3 fully saturated rings. The molecule has 0 atom stereocenters. The third-order valence-corrected chi connectivity index (χ3v) is 8.07. The maximum Gasteiger partial charge on any atom is 0.335 e. The molecule has 2 saturated heterocycles. The van der Waals surface area contributed by atoms with Crippen LogP contribution in [0, 0.1) is 10.1 Å². The van der Waals surface area contributed by atoms with Crippen molar-refractivity contribution in [3.05, 3.63) is 34.4 Å². The van der Waals surface area contributed by atoms with Crippen molar-refractivity contribution in [2.45, 2.75) is 36.6 Å². The molecule has 32 heavy (non-hydrogen) atoms. The normalized spacial score (nSPS) is 21.7. The maximum absolute atomic E-state index is 12.9. The lowest BCUT2D eigenvalue weighted by Gasteiger charge is -2.35. The number of nitrogens with zero attached hydrogens (tertiary/aromatic N) is 5. The molecule has 1 aromatic rings. The van der Waals surface area contributed by atoms with Crippen molar-refractivity contribution < 1.29 is 27.7 Å². The number of hydrogen-bond acceptors (Lipinski definition) is 8. The third kappa shape index (κ3) is 3.87. The lowest BCUT2D eigenvalue weighted by atomic mass is 10.2. The van der Waals surface area contributed by atoms with Crippen LogP contribution in [0.25, 0.3) is 0 Å². The number of urea groups is 1. The first-order valence-electron chi connectivity index (χ1n) is 10.4. The van der Waals surface area contributed by atoms with E-state index < -0.39 is 38.5 Å². The van der Waals surface area contributed by atoms with Gasteiger partial charge in [0.15, 0.2) is 4.90 Å². The van der Waals surface area contributed by atoms with Gasteiger partial charge in [0.05, 0.1) is 11.6 Å². The van der Waals surface area contributed by atoms with Crippen LogP contribution in [-0.4, -0.2) is 89.1 Å². The summed E-state index contributed by atoms with van der Waals surface area (Å²) >= 11 is 0. The highest BCUT2D eigenvalue weighted by Crippen LogP contribution is 2.29. The number of piperazine rings is 1. The van der Waals surface area contributed by atoms with E-state index in [-0.39, 0.29) is 43.8 Å². The molecule has 0 unspecified atom stereocenters. The van der Waals surface area contributed by atoms with Crippen LogP contribution in [0.15, 0.2) is 29.2 Å². The van der Waals surface area contributed by atoms with Gasteiger partial charge in [-0.15, -0.1) is 0 Å². The van der Waals surface area contributed by atoms with E-state index >= 15 is 0 Å². The summed E-state index contributed by atoms with van der Waals surface area (Å²) in [5.74, 6) is -1.67. The molecule has 4 amide bonds. The van der Waals surface area contributed by atoms with Crippen molar-refractivity contribution >= 4 is 33.6 Å². The Morgan fingerprint density at radius 1 is 0.969 bits per heavy atom. The molecule has 0 radical (unpaired) electrons. The van der Waals surface area contributed by atoms with Gasteiger partial charge in [0, 0.05) is 38.3 Å². The number of amides is 4. The van der Waals surface area contributed by atoms with Crippen molar-refractivity contribution in [3.8, 4) is 0 Å². The van der Waals surface area contributed by atoms with E-state index in [4.69, 9.17) is 0 Å². The highest BCUT2D eigenvalue weighted by atomic mass is 32.2. The topological polar surface area (TPSA) is 141 Å². The standard InChI is InChI=1S/C19H23N5O7S/c25-17-18(26)23(14-5-1-2-6-14)19(27)22(17)13-20-9-11-21(12-10-20)32(30,31)16-8-4-3-7-15(16)24(28)29/h3-4,7-8,14H,1-2,5-6,9-13H2. The molecule has 13 heteroatoms. The Labute approximate surface area is 184 Å². The lowest BCUT2D eigenvalue weighted by Crippen LogP contribution is -2.52. The zero-order valence-corrected chi connectivity index (χ0v) is 18.1. The lowest BCUT2D eigenvalue weighted by molar-refractivity contribution is -0.387. The van der Waals surface area contributed by atoms with Gasteiger partial charge in [-0.25, -0.2) is 18.1 Å². The van der Waals surface area contributed by atoms with Crippen LogP contribution in [-0.2, 0) is 19.6 Å². The van der Waals surface area contributed by atoms with E-state index in [1.54, 1.807) is 4.90 Å². The fraction of sp³-hybridized carbons (Fsp3) is 0.526. The number of hydrogen-bond donors (Lipinski definition) is 0. The van der Waals surface area contributed by atoms with E-state index in [0.29, 0.717) is 12.8 Å². The number of nitro benzene ring substituents is 1. The molecule has 3 aliphatic rings. The van der Waals surface area contributed by atoms with E-state index in [1.807, 2.05) is 0 Å². The van der Waals surface area contributed by atoms with E-state index in [9.17, 15) is 32.9 Å². The second kappa shape index (κ2) is 8.56. The summed E-state index contributed by atoms with van der Waals surface area (Å²) in [6.07, 6.45) is 3.21. The van der Waals surface area contributed by atoms with Crippen LogP contribution in [0.5, 0.6) is 0 Å². The summed E-state index contributed by atoms with van der Waals surface area (Å²) in [5, 5.41) is 11.2. The maximum atomic E-state index is 12.9. The minimum absolute atomic E-state index is 0.0326. The molecule has 0 bridgehead atoms. The predicted octanol–water partition coefficient (Wildman–Crippen LogP) is 0.592. The number of rotatable bonds is 6. The number of imide groups is 2. The molecule has 1 saturated carbocycles. The Balaban J connectivity index is 1.41. The minimum atomic E-state index is -4.08. The molecular weight excluding hydrogens is 442 g/mol. The average molecular weight is 465 g/mol. The van der Waals surface area contributed by atoms with Crippen LogP contribution in [0.3, 0.4) is 0 Å². The molecule has 2 aliphatic heterocycles. The van der Waals surface area contributed by atoms with Gasteiger partial charge in [-0.05, 0) is 18.9 Å². The predicted molar refractivity (Wildman–Crippen MR) is 110 cm³/mol. The van der Waals surface area contributed by atoms with E-state index in [0.717, 1.165) is 33.0 Å². The summed E-state index contributed by atoms with van der Waals surface area (Å²) in [6, 6.07) is 4.30. The van der Waals surface area contributed by atoms with Gasteiger partial charge in [-0.1, -0.05) is 25.0 Å². The Hall–Kier alpha value is -2.90. The van der Waals surface area contributed by atoms with Crippen LogP contribution in [0.4, 0.5) is 10.5 Å². The number of carbonyl (C=O) groups is 3. The molecular formula is C19H23N5O7S. The first kappa shape index (κ1) is 22.3. The van der Waals surface area contributed by atoms with Crippen LogP contribution >= 0.6 is 0 Å². The summed E-state index contributed by atoms with van der Waals surface area (Å²) in [5.41, 5.74) is -0.492. The Bertz CT molecular complexity index is 1060. The zero-order chi connectivity index (χ0) is 23.0. The minimum Gasteiger partial charge on any atom is -0.283 e. The number of benzene rings is 1. The number of sulfonamides is 1. The van der Waals surface area contributed by atoms with Crippen LogP contribution < -0.4 is 0 Å². The van der Waals surface area contributed by atoms with Crippen molar-refractivity contribution in [3.63, 3.8) is 0 Å². The molecule has 4 rings (SSSR count). The molecule has 0 aromatic heterocycles. The summed E-state index contributed by atoms with van der Waals surface area (Å²) in [6.45, 7) is 0.366. The van der Waals surface area contributed by atoms with Crippen molar-refractivity contribution in [1.29, 1.82) is 0 Å². The van der Waals surface area contributed by atoms with Gasteiger partial charge in [0.1, 0.15) is 0 Å². The van der Waals surface area contributed by atoms with Crippen LogP contribution in [0.2, 0.25) is 0 Å². The highest BCUT2D eigenvalue weighted by molar-refractivity contribution is 7.89. The SMILES string of the molecule is O=C1C(=O)N(C2CCCC2)C(=O)N1CN1CCN(S(=O)(=O)c2ccccc2[N+](=O)[O-])CC1. The third-order valence-electron chi connectivity index (χ3n) is 6.13. The Morgan fingerprint density at radius 2 is 1.59 bits per heavy atom. The monoisotopic (exact) mass is 465 g/mol. The van der Waals surface area contributed by atoms with E-state index in [2.05, 4.69) is 0 Å². The Morgan fingerprint density at radius 3 is 2.22 bits per heavy atom. The highest BCUT2D eigenvalue weighted by Gasteiger charge is 2.48. The average Bonchev–Trinajstić information content (AvgIpc) is 3.37. The summed E-state index contributed by atoms with van der Waals surface area (Å²) < 4.78 is 27.0. The van der Waals surface area contributed by atoms with Crippen molar-refractivity contribution in [2.24, 2.45) is 0 Å². The van der Waals surface area contributed by atoms with Crippen molar-refractivity contribution in [1.82, 2.24) is 19.0 Å². The molecule has 0 N–H and O–H groups in total. The molecule has 12 nitrogen and oxygen atoms in total. The van der Waals surface area contributed by atoms with Gasteiger partial charge in [-0.3, -0.25) is 29.5 Å². The van der Waals surface area contributed by atoms with E-state index in [1.165, 1.54) is 18.2 Å². The fourth-order valence-electron chi connectivity index (χ4n) is 4.41. The fourth-order valence-corrected chi connectivity index (χ4v) is 5.99. The second-order valence-corrected chi connectivity index (χ2v) is 9.92. The van der Waals surface area contributed by atoms with Crippen LogP contribution in [0.1, 0.15) is 25.7 Å². The largest absolute Gasteiger partial charge is 0.335 e. The number of carbonyl (C=O) groups excluding carboxylic acids is 3. The first-order valence-corrected chi connectivity index (χ1v) is 11.8. The van der Waals surface area contributed by atoms with Gasteiger partial charge >= 0.3 is 17.8 Å². The molecule has 2 heterocycles. The summed E-state index contributed by atoms with van der Waals surface area (Å²) in [7, 11) is -4.08. The number of para-hydroxylation sites is 1. The van der Waals surface area contributed by atoms with Gasteiger partial charge in [0.25, 0.3) is 5.69 Å². The van der Waals surface area contributed by atoms with Crippen molar-refractivity contribution in [2.75, 3.05) is 32.8 Å². The first-order chi connectivity index (χ1) is 15.2. The van der Waals surface area contributed by atoms with Gasteiger partial charge < -0.3 is 0 Å². The molecule has 1 aromatic carbocycles. The number of nitro groups is 1. The zero-order valence-electron chi connectivity index (χ0n) is 17.3.